The number of hydrogen-bond donors (Lipinski definition) is 1. The van der Waals surface area contributed by atoms with E-state index in [0.29, 0.717) is 17.8 Å². The highest BCUT2D eigenvalue weighted by molar-refractivity contribution is 7.10. The number of thiophene rings is 1. The highest BCUT2D eigenvalue weighted by Gasteiger charge is 2.23. The van der Waals surface area contributed by atoms with Gasteiger partial charge in [0, 0.05) is 22.9 Å². The number of nitrogens with one attached hydrogen (secondary N) is 1. The first kappa shape index (κ1) is 15.0. The quantitative estimate of drug-likeness (QED) is 0.670. The van der Waals surface area contributed by atoms with Crippen LogP contribution in [0.2, 0.25) is 0 Å². The summed E-state index contributed by atoms with van der Waals surface area (Å²) in [7, 11) is 0. The molecule has 0 aliphatic carbocycles. The fourth-order valence-electron chi connectivity index (χ4n) is 1.97. The molecule has 1 heterocycles. The zero-order valence-corrected chi connectivity index (χ0v) is 12.6. The maximum atomic E-state index is 11.1. The van der Waals surface area contributed by atoms with Crippen LogP contribution in [-0.4, -0.2) is 11.5 Å². The standard InChI is InChI=1S/C15H15N3O2S/c1-15(2,14-4-3-7-21-14)10-17-12-8-11(9-16)5-6-13(12)18(19)20/h3-8,17H,10H2,1-2H3. The van der Waals surface area contributed by atoms with Gasteiger partial charge < -0.3 is 5.32 Å². The molecule has 0 aliphatic rings. The lowest BCUT2D eigenvalue weighted by Crippen LogP contribution is -2.26. The third kappa shape index (κ3) is 3.38. The van der Waals surface area contributed by atoms with Gasteiger partial charge in [-0.25, -0.2) is 0 Å². The number of nitro groups is 1. The zero-order valence-electron chi connectivity index (χ0n) is 11.8. The van der Waals surface area contributed by atoms with Crippen LogP contribution >= 0.6 is 11.3 Å². The Hall–Kier alpha value is -2.39. The first-order chi connectivity index (χ1) is 9.94. The van der Waals surface area contributed by atoms with Crippen LogP contribution < -0.4 is 5.32 Å². The number of nitro benzene ring substituents is 1. The molecule has 1 aromatic heterocycles. The molecule has 0 saturated carbocycles. The van der Waals surface area contributed by atoms with Crippen molar-refractivity contribution >= 4 is 22.7 Å². The van der Waals surface area contributed by atoms with E-state index in [2.05, 4.69) is 19.2 Å². The Morgan fingerprint density at radius 3 is 2.76 bits per heavy atom. The summed E-state index contributed by atoms with van der Waals surface area (Å²) in [4.78, 5) is 11.8. The van der Waals surface area contributed by atoms with Gasteiger partial charge in [-0.05, 0) is 23.6 Å². The highest BCUT2D eigenvalue weighted by Crippen LogP contribution is 2.30. The second kappa shape index (κ2) is 5.94. The Balaban J connectivity index is 2.23. The molecule has 0 saturated heterocycles. The fraction of sp³-hybridized carbons (Fsp3) is 0.267. The summed E-state index contributed by atoms with van der Waals surface area (Å²) in [6, 6.07) is 10.4. The van der Waals surface area contributed by atoms with E-state index in [4.69, 9.17) is 5.26 Å². The van der Waals surface area contributed by atoms with Crippen molar-refractivity contribution in [3.63, 3.8) is 0 Å². The van der Waals surface area contributed by atoms with Gasteiger partial charge in [-0.1, -0.05) is 19.9 Å². The minimum absolute atomic E-state index is 0.0176. The SMILES string of the molecule is CC(C)(CNc1cc(C#N)ccc1[N+](=O)[O-])c1cccs1. The lowest BCUT2D eigenvalue weighted by atomic mass is 9.91. The van der Waals surface area contributed by atoms with E-state index in [9.17, 15) is 10.1 Å². The smallest absolute Gasteiger partial charge is 0.292 e. The van der Waals surface area contributed by atoms with Gasteiger partial charge in [0.05, 0.1) is 16.6 Å². The zero-order chi connectivity index (χ0) is 15.5. The minimum Gasteiger partial charge on any atom is -0.379 e. The topological polar surface area (TPSA) is 79.0 Å². The van der Waals surface area contributed by atoms with Crippen molar-refractivity contribution in [1.82, 2.24) is 0 Å². The van der Waals surface area contributed by atoms with Gasteiger partial charge in [-0.3, -0.25) is 10.1 Å². The van der Waals surface area contributed by atoms with Gasteiger partial charge in [0.2, 0.25) is 0 Å². The molecule has 0 atom stereocenters. The summed E-state index contributed by atoms with van der Waals surface area (Å²) in [5.74, 6) is 0. The molecule has 0 unspecified atom stereocenters. The molecule has 0 amide bonds. The lowest BCUT2D eigenvalue weighted by molar-refractivity contribution is -0.384. The summed E-state index contributed by atoms with van der Waals surface area (Å²) in [5.41, 5.74) is 0.613. The van der Waals surface area contributed by atoms with E-state index in [1.807, 2.05) is 23.6 Å². The summed E-state index contributed by atoms with van der Waals surface area (Å²) in [6.45, 7) is 4.70. The summed E-state index contributed by atoms with van der Waals surface area (Å²) in [6.07, 6.45) is 0. The van der Waals surface area contributed by atoms with E-state index < -0.39 is 4.92 Å². The number of rotatable bonds is 5. The summed E-state index contributed by atoms with van der Waals surface area (Å²) in [5, 5.41) is 25.1. The summed E-state index contributed by atoms with van der Waals surface area (Å²) >= 11 is 1.66. The average Bonchev–Trinajstić information content (AvgIpc) is 2.99. The van der Waals surface area contributed by atoms with Crippen LogP contribution in [0.1, 0.15) is 24.3 Å². The molecule has 0 radical (unpaired) electrons. The molecule has 0 aliphatic heterocycles. The molecule has 0 bridgehead atoms. The van der Waals surface area contributed by atoms with Crippen molar-refractivity contribution in [2.24, 2.45) is 0 Å². The van der Waals surface area contributed by atoms with Gasteiger partial charge in [0.15, 0.2) is 0 Å². The molecule has 5 nitrogen and oxygen atoms in total. The van der Waals surface area contributed by atoms with Crippen molar-refractivity contribution in [1.29, 1.82) is 5.26 Å². The molecule has 0 fully saturated rings. The van der Waals surface area contributed by atoms with Crippen molar-refractivity contribution in [3.8, 4) is 6.07 Å². The molecule has 1 aromatic carbocycles. The molecule has 6 heteroatoms. The van der Waals surface area contributed by atoms with E-state index in [-0.39, 0.29) is 11.1 Å². The van der Waals surface area contributed by atoms with Gasteiger partial charge in [0.25, 0.3) is 5.69 Å². The Labute approximate surface area is 127 Å². The van der Waals surface area contributed by atoms with Crippen LogP contribution in [0.4, 0.5) is 11.4 Å². The van der Waals surface area contributed by atoms with E-state index >= 15 is 0 Å². The lowest BCUT2D eigenvalue weighted by Gasteiger charge is -2.24. The van der Waals surface area contributed by atoms with Gasteiger partial charge >= 0.3 is 0 Å². The maximum absolute atomic E-state index is 11.1. The molecule has 2 rings (SSSR count). The molecule has 2 aromatic rings. The largest absolute Gasteiger partial charge is 0.379 e. The average molecular weight is 301 g/mol. The van der Waals surface area contributed by atoms with Gasteiger partial charge in [-0.2, -0.15) is 5.26 Å². The maximum Gasteiger partial charge on any atom is 0.292 e. The van der Waals surface area contributed by atoms with Crippen molar-refractivity contribution in [2.75, 3.05) is 11.9 Å². The number of nitriles is 1. The summed E-state index contributed by atoms with van der Waals surface area (Å²) < 4.78 is 0. The first-order valence-corrected chi connectivity index (χ1v) is 7.28. The van der Waals surface area contributed by atoms with Crippen molar-refractivity contribution < 1.29 is 4.92 Å². The van der Waals surface area contributed by atoms with Crippen molar-refractivity contribution in [3.05, 3.63) is 56.3 Å². The van der Waals surface area contributed by atoms with Crippen LogP contribution in [0.5, 0.6) is 0 Å². The Morgan fingerprint density at radius 2 is 2.19 bits per heavy atom. The fourth-order valence-corrected chi connectivity index (χ4v) is 2.83. The van der Waals surface area contributed by atoms with Gasteiger partial charge in [-0.15, -0.1) is 11.3 Å². The molecule has 0 spiro atoms. The number of nitrogens with zero attached hydrogens (tertiary/aromatic N) is 2. The van der Waals surface area contributed by atoms with E-state index in [1.54, 1.807) is 11.3 Å². The van der Waals surface area contributed by atoms with Crippen LogP contribution in [-0.2, 0) is 5.41 Å². The van der Waals surface area contributed by atoms with E-state index in [0.717, 1.165) is 0 Å². The van der Waals surface area contributed by atoms with Crippen LogP contribution in [0.3, 0.4) is 0 Å². The molecule has 108 valence electrons. The Morgan fingerprint density at radius 1 is 1.43 bits per heavy atom. The number of benzene rings is 1. The third-order valence-electron chi connectivity index (χ3n) is 3.23. The monoisotopic (exact) mass is 301 g/mol. The van der Waals surface area contributed by atoms with Gasteiger partial charge in [0.1, 0.15) is 5.69 Å². The third-order valence-corrected chi connectivity index (χ3v) is 4.47. The number of hydrogen-bond acceptors (Lipinski definition) is 5. The molecular weight excluding hydrogens is 286 g/mol. The minimum atomic E-state index is -0.443. The normalized spacial score (nSPS) is 10.9. The molecule has 1 N–H and O–H groups in total. The Bertz CT molecular complexity index is 687. The van der Waals surface area contributed by atoms with E-state index in [1.165, 1.54) is 23.1 Å². The highest BCUT2D eigenvalue weighted by atomic mass is 32.1. The van der Waals surface area contributed by atoms with Crippen molar-refractivity contribution in [2.45, 2.75) is 19.3 Å². The van der Waals surface area contributed by atoms with Crippen LogP contribution in [0, 0.1) is 21.4 Å². The molecular formula is C15H15N3O2S. The first-order valence-electron chi connectivity index (χ1n) is 6.40. The second-order valence-electron chi connectivity index (χ2n) is 5.32. The van der Waals surface area contributed by atoms with Crippen LogP contribution in [0.25, 0.3) is 0 Å². The number of anilines is 1. The predicted octanol–water partition coefficient (Wildman–Crippen LogP) is 3.92. The Kier molecular flexibility index (Phi) is 4.24. The predicted molar refractivity (Wildman–Crippen MR) is 83.6 cm³/mol. The molecule has 21 heavy (non-hydrogen) atoms. The van der Waals surface area contributed by atoms with Crippen LogP contribution in [0.15, 0.2) is 35.7 Å². The second-order valence-corrected chi connectivity index (χ2v) is 6.26.